The highest BCUT2D eigenvalue weighted by atomic mass is 19.1. The van der Waals surface area contributed by atoms with Crippen molar-refractivity contribution in [3.8, 4) is 11.5 Å². The van der Waals surface area contributed by atoms with Crippen molar-refractivity contribution < 1.29 is 13.9 Å². The van der Waals surface area contributed by atoms with Crippen molar-refractivity contribution in [2.45, 2.75) is 45.1 Å². The molecule has 1 N–H and O–H groups in total. The summed E-state index contributed by atoms with van der Waals surface area (Å²) in [6.07, 6.45) is 6.09. The Morgan fingerprint density at radius 2 is 1.76 bits per heavy atom. The maximum absolute atomic E-state index is 14.5. The molecule has 1 aliphatic rings. The van der Waals surface area contributed by atoms with Crippen LogP contribution in [0.15, 0.2) is 12.1 Å². The van der Waals surface area contributed by atoms with Crippen LogP contribution in [0.2, 0.25) is 0 Å². The summed E-state index contributed by atoms with van der Waals surface area (Å²) >= 11 is 0. The molecule has 1 aromatic carbocycles. The molecule has 0 saturated heterocycles. The molecule has 0 aromatic heterocycles. The second-order valence-corrected chi connectivity index (χ2v) is 5.66. The van der Waals surface area contributed by atoms with Gasteiger partial charge in [0.05, 0.1) is 14.2 Å². The fraction of sp³-hybridized carbons (Fsp3) is 0.647. The van der Waals surface area contributed by atoms with E-state index in [9.17, 15) is 4.39 Å². The number of halogens is 1. The van der Waals surface area contributed by atoms with Gasteiger partial charge in [-0.1, -0.05) is 26.2 Å². The highest BCUT2D eigenvalue weighted by Crippen LogP contribution is 2.39. The fourth-order valence-electron chi connectivity index (χ4n) is 3.33. The second-order valence-electron chi connectivity index (χ2n) is 5.66. The number of rotatable bonds is 6. The smallest absolute Gasteiger partial charge is 0.163 e. The highest BCUT2D eigenvalue weighted by Gasteiger charge is 2.27. The van der Waals surface area contributed by atoms with Crippen molar-refractivity contribution in [1.29, 1.82) is 0 Å². The van der Waals surface area contributed by atoms with E-state index in [2.05, 4.69) is 12.2 Å². The molecule has 0 radical (unpaired) electrons. The summed E-state index contributed by atoms with van der Waals surface area (Å²) < 4.78 is 25.0. The van der Waals surface area contributed by atoms with Crippen LogP contribution in [0.1, 0.15) is 50.6 Å². The van der Waals surface area contributed by atoms with Crippen LogP contribution in [0.3, 0.4) is 0 Å². The van der Waals surface area contributed by atoms with Crippen LogP contribution in [-0.4, -0.2) is 20.8 Å². The van der Waals surface area contributed by atoms with E-state index in [4.69, 9.17) is 9.47 Å². The summed E-state index contributed by atoms with van der Waals surface area (Å²) in [6.45, 7) is 2.89. The van der Waals surface area contributed by atoms with Crippen LogP contribution in [0, 0.1) is 11.7 Å². The zero-order valence-corrected chi connectivity index (χ0v) is 13.2. The van der Waals surface area contributed by atoms with E-state index in [0.717, 1.165) is 19.4 Å². The van der Waals surface area contributed by atoms with Crippen LogP contribution < -0.4 is 14.8 Å². The van der Waals surface area contributed by atoms with Gasteiger partial charge in [0.25, 0.3) is 0 Å². The lowest BCUT2D eigenvalue weighted by atomic mass is 9.81. The zero-order chi connectivity index (χ0) is 15.2. The quantitative estimate of drug-likeness (QED) is 0.858. The Morgan fingerprint density at radius 1 is 1.14 bits per heavy atom. The Morgan fingerprint density at radius 3 is 2.33 bits per heavy atom. The Balaban J connectivity index is 2.34. The monoisotopic (exact) mass is 295 g/mol. The average Bonchev–Trinajstić information content (AvgIpc) is 2.53. The molecule has 3 nitrogen and oxygen atoms in total. The molecule has 21 heavy (non-hydrogen) atoms. The third-order valence-electron chi connectivity index (χ3n) is 4.38. The molecular weight excluding hydrogens is 269 g/mol. The predicted molar refractivity (Wildman–Crippen MR) is 82.5 cm³/mol. The number of nitrogens with one attached hydrogen (secondary N) is 1. The molecule has 0 amide bonds. The maximum Gasteiger partial charge on any atom is 0.163 e. The lowest BCUT2D eigenvalue weighted by Gasteiger charge is -2.31. The van der Waals surface area contributed by atoms with Crippen molar-refractivity contribution in [3.63, 3.8) is 0 Å². The lowest BCUT2D eigenvalue weighted by Crippen LogP contribution is -2.30. The minimum Gasteiger partial charge on any atom is -0.493 e. The Labute approximate surface area is 126 Å². The molecular formula is C17H26FNO2. The summed E-state index contributed by atoms with van der Waals surface area (Å²) in [5, 5.41) is 3.46. The van der Waals surface area contributed by atoms with Crippen LogP contribution >= 0.6 is 0 Å². The van der Waals surface area contributed by atoms with E-state index in [1.54, 1.807) is 13.2 Å². The van der Waals surface area contributed by atoms with E-state index in [-0.39, 0.29) is 11.9 Å². The van der Waals surface area contributed by atoms with Gasteiger partial charge in [-0.05, 0) is 31.4 Å². The molecule has 1 saturated carbocycles. The lowest BCUT2D eigenvalue weighted by molar-refractivity contribution is 0.268. The van der Waals surface area contributed by atoms with Gasteiger partial charge in [0.1, 0.15) is 5.82 Å². The van der Waals surface area contributed by atoms with Crippen LogP contribution in [-0.2, 0) is 0 Å². The van der Waals surface area contributed by atoms with Gasteiger partial charge in [-0.3, -0.25) is 0 Å². The molecule has 1 atom stereocenters. The Kier molecular flexibility index (Phi) is 5.85. The van der Waals surface area contributed by atoms with Gasteiger partial charge < -0.3 is 14.8 Å². The molecule has 0 aliphatic heterocycles. The van der Waals surface area contributed by atoms with E-state index < -0.39 is 0 Å². The fourth-order valence-corrected chi connectivity index (χ4v) is 3.33. The number of methoxy groups -OCH3 is 2. The summed E-state index contributed by atoms with van der Waals surface area (Å²) in [5.41, 5.74) is 0.696. The molecule has 118 valence electrons. The van der Waals surface area contributed by atoms with Gasteiger partial charge in [-0.15, -0.1) is 0 Å². The topological polar surface area (TPSA) is 30.5 Å². The molecule has 1 unspecified atom stereocenters. The first-order valence-electron chi connectivity index (χ1n) is 7.86. The summed E-state index contributed by atoms with van der Waals surface area (Å²) in [7, 11) is 3.11. The van der Waals surface area contributed by atoms with Crippen molar-refractivity contribution in [3.05, 3.63) is 23.5 Å². The van der Waals surface area contributed by atoms with Crippen LogP contribution in [0.5, 0.6) is 11.5 Å². The number of ether oxygens (including phenoxy) is 2. The predicted octanol–water partition coefficient (Wildman–Crippen LogP) is 4.07. The third kappa shape index (κ3) is 3.67. The van der Waals surface area contributed by atoms with Gasteiger partial charge in [-0.2, -0.15) is 0 Å². The first-order valence-corrected chi connectivity index (χ1v) is 7.86. The third-order valence-corrected chi connectivity index (χ3v) is 4.38. The molecule has 1 aliphatic carbocycles. The minimum absolute atomic E-state index is 0.0510. The van der Waals surface area contributed by atoms with Gasteiger partial charge in [0, 0.05) is 17.7 Å². The molecule has 0 heterocycles. The van der Waals surface area contributed by atoms with Crippen molar-refractivity contribution in [2.75, 3.05) is 20.8 Å². The largest absolute Gasteiger partial charge is 0.493 e. The van der Waals surface area contributed by atoms with Gasteiger partial charge in [-0.25, -0.2) is 4.39 Å². The van der Waals surface area contributed by atoms with Gasteiger partial charge >= 0.3 is 0 Å². The van der Waals surface area contributed by atoms with Crippen LogP contribution in [0.4, 0.5) is 4.39 Å². The molecule has 4 heteroatoms. The molecule has 2 rings (SSSR count). The van der Waals surface area contributed by atoms with Gasteiger partial charge in [0.2, 0.25) is 0 Å². The van der Waals surface area contributed by atoms with Crippen molar-refractivity contribution in [1.82, 2.24) is 5.32 Å². The first kappa shape index (κ1) is 16.1. The summed E-state index contributed by atoms with van der Waals surface area (Å²) in [4.78, 5) is 0. The Bertz CT molecular complexity index is 458. The number of benzene rings is 1. The molecule has 0 spiro atoms. The van der Waals surface area contributed by atoms with E-state index in [1.807, 2.05) is 0 Å². The number of hydrogen-bond donors (Lipinski definition) is 1. The zero-order valence-electron chi connectivity index (χ0n) is 13.2. The standard InChI is InChI=1S/C17H26FNO2/c1-4-19-17(12-8-6-5-7-9-12)13-10-15(20-2)16(21-3)11-14(13)18/h10-12,17,19H,4-9H2,1-3H3. The van der Waals surface area contributed by atoms with E-state index in [1.165, 1.54) is 32.4 Å². The van der Waals surface area contributed by atoms with Crippen LogP contribution in [0.25, 0.3) is 0 Å². The maximum atomic E-state index is 14.5. The summed E-state index contributed by atoms with van der Waals surface area (Å²) in [5.74, 6) is 1.31. The van der Waals surface area contributed by atoms with Crippen molar-refractivity contribution in [2.24, 2.45) is 5.92 Å². The van der Waals surface area contributed by atoms with Gasteiger partial charge in [0.15, 0.2) is 11.5 Å². The average molecular weight is 295 g/mol. The SMILES string of the molecule is CCNC(c1cc(OC)c(OC)cc1F)C1CCCCC1. The highest BCUT2D eigenvalue weighted by molar-refractivity contribution is 5.45. The second kappa shape index (κ2) is 7.64. The molecule has 1 fully saturated rings. The minimum atomic E-state index is -0.218. The number of hydrogen-bond acceptors (Lipinski definition) is 3. The Hall–Kier alpha value is -1.29. The molecule has 1 aromatic rings. The molecule has 0 bridgehead atoms. The van der Waals surface area contributed by atoms with E-state index >= 15 is 0 Å². The summed E-state index contributed by atoms with van der Waals surface area (Å²) in [6, 6.07) is 3.27. The normalized spacial score (nSPS) is 17.5. The van der Waals surface area contributed by atoms with Crippen molar-refractivity contribution >= 4 is 0 Å². The first-order chi connectivity index (χ1) is 10.2. The van der Waals surface area contributed by atoms with E-state index in [0.29, 0.717) is 23.0 Å².